The molecular weight excluding hydrogens is 588 g/mol. The molecule has 1 aliphatic heterocycles. The zero-order valence-corrected chi connectivity index (χ0v) is 26.7. The van der Waals surface area contributed by atoms with Crippen molar-refractivity contribution in [3.05, 3.63) is 52.6 Å². The fourth-order valence-electron chi connectivity index (χ4n) is 8.52. The number of Topliss-reactive ketones (excluding diaryl/α,β-unsaturated/α-hetero) is 4. The van der Waals surface area contributed by atoms with Crippen LogP contribution < -0.4 is 11.1 Å². The van der Waals surface area contributed by atoms with Crippen molar-refractivity contribution in [2.75, 3.05) is 40.8 Å². The van der Waals surface area contributed by atoms with Gasteiger partial charge in [0.1, 0.15) is 5.75 Å². The Labute approximate surface area is 268 Å². The summed E-state index contributed by atoms with van der Waals surface area (Å²) in [5.74, 6) is -10.4. The molecule has 11 nitrogen and oxygen atoms in total. The highest BCUT2D eigenvalue weighted by Crippen LogP contribution is 2.52. The molecule has 46 heavy (non-hydrogen) atoms. The smallest absolute Gasteiger partial charge is 0.235 e. The van der Waals surface area contributed by atoms with E-state index in [0.717, 1.165) is 42.7 Å². The minimum absolute atomic E-state index is 0.0273. The molecule has 5 N–H and O–H groups in total. The van der Waals surface area contributed by atoms with Crippen LogP contribution in [0.25, 0.3) is 11.1 Å². The molecule has 2 aromatic rings. The molecule has 3 fully saturated rings. The molecule has 1 saturated heterocycles. The summed E-state index contributed by atoms with van der Waals surface area (Å²) >= 11 is 0. The number of fused-ring (bicyclic) bond motifs is 3. The van der Waals surface area contributed by atoms with E-state index in [1.54, 1.807) is 14.1 Å². The van der Waals surface area contributed by atoms with Crippen LogP contribution in [0.2, 0.25) is 0 Å². The number of nitrogens with one attached hydrogen (secondary N) is 1. The summed E-state index contributed by atoms with van der Waals surface area (Å²) in [4.78, 5) is 71.3. The zero-order chi connectivity index (χ0) is 33.2. The number of aryl methyl sites for hydroxylation is 1. The molecule has 1 heterocycles. The van der Waals surface area contributed by atoms with Crippen LogP contribution in [-0.2, 0) is 38.4 Å². The van der Waals surface area contributed by atoms with Crippen molar-refractivity contribution in [1.29, 1.82) is 0 Å². The second kappa shape index (κ2) is 11.8. The van der Waals surface area contributed by atoms with Crippen LogP contribution in [0.1, 0.15) is 40.4 Å². The Kier molecular flexibility index (Phi) is 8.25. The third kappa shape index (κ3) is 4.92. The first kappa shape index (κ1) is 32.2. The largest absolute Gasteiger partial charge is 0.507 e. The van der Waals surface area contributed by atoms with Gasteiger partial charge in [0.05, 0.1) is 17.5 Å². The predicted molar refractivity (Wildman–Crippen MR) is 169 cm³/mol. The number of nitrogens with zero attached hydrogens (tertiary/aromatic N) is 2. The lowest BCUT2D eigenvalue weighted by Crippen LogP contribution is -2.74. The van der Waals surface area contributed by atoms with Gasteiger partial charge in [-0.25, -0.2) is 0 Å². The number of hydrogen-bond donors (Lipinski definition) is 4. The van der Waals surface area contributed by atoms with E-state index in [-0.39, 0.29) is 24.2 Å². The van der Waals surface area contributed by atoms with Gasteiger partial charge in [0.25, 0.3) is 0 Å². The van der Waals surface area contributed by atoms with Gasteiger partial charge in [-0.1, -0.05) is 31.2 Å². The number of piperazine rings is 1. The van der Waals surface area contributed by atoms with E-state index in [2.05, 4.69) is 17.3 Å². The number of hydrogen-bond acceptors (Lipinski definition) is 10. The lowest BCUT2D eigenvalue weighted by Gasteiger charge is -2.52. The normalized spacial score (nSPS) is 31.4. The average molecular weight is 631 g/mol. The number of aliphatic hydroxyl groups is 1. The number of benzene rings is 2. The van der Waals surface area contributed by atoms with E-state index in [0.29, 0.717) is 23.6 Å². The molecule has 244 valence electrons. The Bertz CT molecular complexity index is 1640. The molecule has 0 radical (unpaired) electrons. The third-order valence-electron chi connectivity index (χ3n) is 10.7. The molecule has 11 heteroatoms. The van der Waals surface area contributed by atoms with E-state index >= 15 is 0 Å². The number of phenols is 1. The number of carbonyl (C=O) groups is 5. The van der Waals surface area contributed by atoms with E-state index in [4.69, 9.17) is 5.73 Å². The maximum Gasteiger partial charge on any atom is 0.235 e. The van der Waals surface area contributed by atoms with Crippen LogP contribution in [0.5, 0.6) is 5.75 Å². The third-order valence-corrected chi connectivity index (χ3v) is 10.7. The maximum atomic E-state index is 14.3. The van der Waals surface area contributed by atoms with Gasteiger partial charge in [0.2, 0.25) is 5.91 Å². The first-order valence-corrected chi connectivity index (χ1v) is 16.0. The molecule has 2 aromatic carbocycles. The zero-order valence-electron chi connectivity index (χ0n) is 26.7. The number of nitrogens with two attached hydrogens (primary N) is 1. The second-order valence-electron chi connectivity index (χ2n) is 13.7. The van der Waals surface area contributed by atoms with E-state index < -0.39 is 64.4 Å². The Balaban J connectivity index is 1.37. The van der Waals surface area contributed by atoms with Gasteiger partial charge in [-0.2, -0.15) is 0 Å². The molecule has 3 aliphatic carbocycles. The molecule has 7 atom stereocenters. The number of rotatable bonds is 6. The van der Waals surface area contributed by atoms with Crippen molar-refractivity contribution >= 4 is 29.0 Å². The Morgan fingerprint density at radius 1 is 1.13 bits per heavy atom. The highest BCUT2D eigenvalue weighted by Gasteiger charge is 2.69. The molecule has 0 spiro atoms. The number of ketones is 4. The fourth-order valence-corrected chi connectivity index (χ4v) is 8.52. The van der Waals surface area contributed by atoms with E-state index in [1.165, 1.54) is 4.90 Å². The van der Waals surface area contributed by atoms with Crippen molar-refractivity contribution < 1.29 is 34.2 Å². The molecule has 6 rings (SSSR count). The number of aromatic hydroxyl groups is 1. The number of primary amides is 1. The summed E-state index contributed by atoms with van der Waals surface area (Å²) < 4.78 is 0. The lowest BCUT2D eigenvalue weighted by atomic mass is 9.52. The first-order valence-electron chi connectivity index (χ1n) is 16.0. The molecule has 1 amide bonds. The topological polar surface area (TPSA) is 170 Å². The van der Waals surface area contributed by atoms with Crippen LogP contribution in [0.3, 0.4) is 0 Å². The van der Waals surface area contributed by atoms with Crippen LogP contribution in [-0.4, -0.2) is 108 Å². The second-order valence-corrected chi connectivity index (χ2v) is 13.7. The van der Waals surface area contributed by atoms with Crippen LogP contribution in [0.15, 0.2) is 30.3 Å². The van der Waals surface area contributed by atoms with E-state index in [9.17, 15) is 34.2 Å². The number of phenolic OH excluding ortho intramolecular Hbond substituents is 1. The summed E-state index contributed by atoms with van der Waals surface area (Å²) in [6, 6.07) is 8.97. The fraction of sp³-hybridized carbons (Fsp3) is 0.514. The Morgan fingerprint density at radius 2 is 1.83 bits per heavy atom. The summed E-state index contributed by atoms with van der Waals surface area (Å²) in [6.45, 7) is 4.86. The Hall–Kier alpha value is -3.77. The van der Waals surface area contributed by atoms with Crippen LogP contribution in [0, 0.1) is 23.7 Å². The molecule has 4 aliphatic rings. The SMILES string of the molecule is CCc1cc(-c2ccc(CC3CN(C)CCN3)cc2)c(O)c2c1CC1CC3C(N(C)C)C(=O)C(C(N)=O)C(=O)C3(O)C(=O)C1C2=O. The van der Waals surface area contributed by atoms with Gasteiger partial charge < -0.3 is 26.2 Å². The van der Waals surface area contributed by atoms with Gasteiger partial charge in [-0.15, -0.1) is 0 Å². The van der Waals surface area contributed by atoms with Crippen molar-refractivity contribution in [3.63, 3.8) is 0 Å². The minimum Gasteiger partial charge on any atom is -0.507 e. The van der Waals surface area contributed by atoms with E-state index in [1.807, 2.05) is 37.3 Å². The quantitative estimate of drug-likeness (QED) is 0.331. The monoisotopic (exact) mass is 630 g/mol. The highest BCUT2D eigenvalue weighted by atomic mass is 16.3. The van der Waals surface area contributed by atoms with Gasteiger partial charge in [0, 0.05) is 37.2 Å². The van der Waals surface area contributed by atoms with Gasteiger partial charge in [-0.05, 0) is 81.1 Å². The molecule has 0 bridgehead atoms. The van der Waals surface area contributed by atoms with Crippen molar-refractivity contribution in [1.82, 2.24) is 15.1 Å². The number of amides is 1. The van der Waals surface area contributed by atoms with Gasteiger partial charge in [-0.3, -0.25) is 28.9 Å². The molecule has 7 unspecified atom stereocenters. The molecular formula is C35H42N4O7. The first-order chi connectivity index (χ1) is 21.8. The summed E-state index contributed by atoms with van der Waals surface area (Å²) in [5.41, 5.74) is 6.52. The summed E-state index contributed by atoms with van der Waals surface area (Å²) in [5, 5.41) is 27.0. The molecule has 2 saturated carbocycles. The van der Waals surface area contributed by atoms with Gasteiger partial charge in [0.15, 0.2) is 34.7 Å². The Morgan fingerprint density at radius 3 is 2.43 bits per heavy atom. The van der Waals surface area contributed by atoms with Crippen molar-refractivity contribution in [3.8, 4) is 16.9 Å². The van der Waals surface area contributed by atoms with Crippen molar-refractivity contribution in [2.45, 2.75) is 50.3 Å². The predicted octanol–water partition coefficient (Wildman–Crippen LogP) is 0.543. The highest BCUT2D eigenvalue weighted by molar-refractivity contribution is 6.32. The average Bonchev–Trinajstić information content (AvgIpc) is 2.99. The number of carbonyl (C=O) groups excluding carboxylic acids is 5. The number of likely N-dealkylation sites (N-methyl/N-ethyl adjacent to an activating group) is 2. The van der Waals surface area contributed by atoms with Gasteiger partial charge >= 0.3 is 0 Å². The standard InChI is InChI=1S/C35H42N4O7/c1-5-18-13-23(19-8-6-17(7-9-19)12-21-16-39(4)11-10-37-21)29(40)26-22(18)14-20-15-24-28(38(2)3)31(42)27(34(36)45)33(44)35(24,46)32(43)25(20)30(26)41/h6-9,13,20-21,24-25,27-28,37,40,46H,5,10-12,14-16H2,1-4H3,(H2,36,45). The minimum atomic E-state index is -2.74. The van der Waals surface area contributed by atoms with Crippen LogP contribution in [0.4, 0.5) is 0 Å². The maximum absolute atomic E-state index is 14.3. The van der Waals surface area contributed by atoms with Crippen LogP contribution >= 0.6 is 0 Å². The lowest BCUT2D eigenvalue weighted by molar-refractivity contribution is -0.181. The molecule has 0 aromatic heterocycles. The summed E-state index contributed by atoms with van der Waals surface area (Å²) in [6.07, 6.45) is 1.70. The van der Waals surface area contributed by atoms with Crippen molar-refractivity contribution in [2.24, 2.45) is 29.4 Å². The summed E-state index contributed by atoms with van der Waals surface area (Å²) in [7, 11) is 5.25.